The maximum absolute atomic E-state index is 5.37. The molecule has 1 aliphatic heterocycles. The lowest BCUT2D eigenvalue weighted by atomic mass is 9.96. The topological polar surface area (TPSA) is 63.1 Å². The van der Waals surface area contributed by atoms with Crippen molar-refractivity contribution in [3.8, 4) is 56.4 Å². The summed E-state index contributed by atoms with van der Waals surface area (Å²) in [7, 11) is 0. The highest BCUT2D eigenvalue weighted by atomic mass is 32.1. The van der Waals surface area contributed by atoms with Crippen LogP contribution in [0.25, 0.3) is 82.3 Å². The number of thiophene rings is 1. The van der Waals surface area contributed by atoms with E-state index in [2.05, 4.69) is 157 Å². The maximum Gasteiger partial charge on any atom is 0.164 e. The minimum absolute atomic E-state index is 0.282. The van der Waals surface area contributed by atoms with Gasteiger partial charge >= 0.3 is 0 Å². The highest BCUT2D eigenvalue weighted by Crippen LogP contribution is 2.36. The lowest BCUT2D eigenvalue weighted by molar-refractivity contribution is 0.664. The van der Waals surface area contributed by atoms with Gasteiger partial charge in [0.05, 0.1) is 5.71 Å². The molecule has 0 spiro atoms. The molecule has 3 heterocycles. The number of fused-ring (bicyclic) bond motifs is 3. The Bertz CT molecular complexity index is 3220. The number of allylic oxidation sites excluding steroid dienone is 1. The van der Waals surface area contributed by atoms with E-state index in [4.69, 9.17) is 19.9 Å². The number of hydrogen-bond acceptors (Lipinski definition) is 6. The third-order valence-electron chi connectivity index (χ3n) is 11.2. The molecular formula is C55H37N5S. The van der Waals surface area contributed by atoms with Crippen molar-refractivity contribution < 1.29 is 0 Å². The minimum atomic E-state index is -0.282. The van der Waals surface area contributed by atoms with Gasteiger partial charge in [0, 0.05) is 48.1 Å². The molecule has 10 aromatic rings. The zero-order valence-electron chi connectivity index (χ0n) is 33.0. The zero-order chi connectivity index (χ0) is 40.5. The fourth-order valence-electron chi connectivity index (χ4n) is 8.06. The van der Waals surface area contributed by atoms with Gasteiger partial charge in [-0.25, -0.2) is 15.0 Å². The molecule has 11 rings (SSSR count). The summed E-state index contributed by atoms with van der Waals surface area (Å²) in [4.78, 5) is 20.2. The van der Waals surface area contributed by atoms with Crippen LogP contribution in [0.5, 0.6) is 0 Å². The number of aromatic nitrogens is 3. The minimum Gasteiger partial charge on any atom is -0.360 e. The van der Waals surface area contributed by atoms with Crippen LogP contribution < -0.4 is 5.32 Å². The molecule has 1 unspecified atom stereocenters. The fourth-order valence-corrected chi connectivity index (χ4v) is 9.21. The van der Waals surface area contributed by atoms with Gasteiger partial charge in [0.15, 0.2) is 17.5 Å². The molecule has 0 saturated carbocycles. The maximum atomic E-state index is 5.37. The van der Waals surface area contributed by atoms with E-state index in [1.807, 2.05) is 72.0 Å². The van der Waals surface area contributed by atoms with E-state index >= 15 is 0 Å². The quantitative estimate of drug-likeness (QED) is 0.166. The summed E-state index contributed by atoms with van der Waals surface area (Å²) in [5.74, 6) is 1.92. The van der Waals surface area contributed by atoms with Gasteiger partial charge in [-0.05, 0) is 69.8 Å². The normalized spacial score (nSPS) is 13.7. The summed E-state index contributed by atoms with van der Waals surface area (Å²) >= 11 is 1.83. The van der Waals surface area contributed by atoms with Crippen LogP contribution in [0.3, 0.4) is 0 Å². The van der Waals surface area contributed by atoms with E-state index < -0.39 is 0 Å². The number of rotatable bonds is 8. The highest BCUT2D eigenvalue weighted by molar-refractivity contribution is 7.25. The number of aliphatic imine (C=N–C) groups is 1. The second kappa shape index (κ2) is 15.8. The molecule has 6 heteroatoms. The smallest absolute Gasteiger partial charge is 0.164 e. The van der Waals surface area contributed by atoms with Gasteiger partial charge < -0.3 is 5.32 Å². The summed E-state index contributed by atoms with van der Waals surface area (Å²) in [6.45, 7) is 0. The van der Waals surface area contributed by atoms with Crippen LogP contribution >= 0.6 is 11.3 Å². The lowest BCUT2D eigenvalue weighted by Gasteiger charge is -2.25. The Morgan fingerprint density at radius 1 is 0.361 bits per heavy atom. The summed E-state index contributed by atoms with van der Waals surface area (Å²) in [5, 5.41) is 6.35. The number of benzene rings is 8. The number of nitrogens with one attached hydrogen (secondary N) is 1. The van der Waals surface area contributed by atoms with Gasteiger partial charge in [-0.15, -0.1) is 11.3 Å². The van der Waals surface area contributed by atoms with Crippen molar-refractivity contribution in [2.75, 3.05) is 0 Å². The molecule has 5 nitrogen and oxygen atoms in total. The van der Waals surface area contributed by atoms with Crippen molar-refractivity contribution in [1.29, 1.82) is 0 Å². The van der Waals surface area contributed by atoms with Crippen LogP contribution in [0.2, 0.25) is 0 Å². The van der Waals surface area contributed by atoms with E-state index in [1.54, 1.807) is 0 Å². The van der Waals surface area contributed by atoms with Gasteiger partial charge in [0.2, 0.25) is 0 Å². The van der Waals surface area contributed by atoms with Crippen LogP contribution in [-0.2, 0) is 0 Å². The molecule has 288 valence electrons. The third-order valence-corrected chi connectivity index (χ3v) is 12.3. The van der Waals surface area contributed by atoms with E-state index in [1.165, 1.54) is 20.2 Å². The van der Waals surface area contributed by atoms with Gasteiger partial charge in [0.25, 0.3) is 0 Å². The average molecular weight is 800 g/mol. The van der Waals surface area contributed by atoms with Crippen LogP contribution in [0.1, 0.15) is 22.9 Å². The predicted octanol–water partition coefficient (Wildman–Crippen LogP) is 13.7. The molecular weight excluding hydrogens is 763 g/mol. The molecule has 1 aliphatic rings. The summed E-state index contributed by atoms with van der Waals surface area (Å²) in [5.41, 5.74) is 12.6. The molecule has 2 aromatic heterocycles. The zero-order valence-corrected chi connectivity index (χ0v) is 33.8. The molecule has 0 saturated heterocycles. The first-order valence-corrected chi connectivity index (χ1v) is 21.2. The average Bonchev–Trinajstić information content (AvgIpc) is 3.73. The Hall–Kier alpha value is -7.80. The fraction of sp³-hybridized carbons (Fsp3) is 0.0182. The number of hydrogen-bond donors (Lipinski definition) is 1. The van der Waals surface area contributed by atoms with Crippen LogP contribution in [-0.4, -0.2) is 20.7 Å². The van der Waals surface area contributed by atoms with Crippen molar-refractivity contribution in [2.24, 2.45) is 4.99 Å². The van der Waals surface area contributed by atoms with Crippen molar-refractivity contribution in [3.63, 3.8) is 0 Å². The third kappa shape index (κ3) is 7.30. The first-order chi connectivity index (χ1) is 30.2. The summed E-state index contributed by atoms with van der Waals surface area (Å²) in [6, 6.07) is 72.0. The first-order valence-electron chi connectivity index (χ1n) is 20.4. The van der Waals surface area contributed by atoms with Crippen molar-refractivity contribution in [2.45, 2.75) is 6.17 Å². The molecule has 0 bridgehead atoms. The Morgan fingerprint density at radius 3 is 1.51 bits per heavy atom. The Morgan fingerprint density at radius 2 is 0.852 bits per heavy atom. The van der Waals surface area contributed by atoms with Gasteiger partial charge in [-0.1, -0.05) is 176 Å². The van der Waals surface area contributed by atoms with E-state index in [0.717, 1.165) is 67.0 Å². The van der Waals surface area contributed by atoms with E-state index in [9.17, 15) is 0 Å². The van der Waals surface area contributed by atoms with Crippen molar-refractivity contribution >= 4 is 42.9 Å². The largest absolute Gasteiger partial charge is 0.360 e. The molecule has 0 amide bonds. The molecule has 0 radical (unpaired) electrons. The second-order valence-electron chi connectivity index (χ2n) is 15.1. The molecule has 1 N–H and O–H groups in total. The highest BCUT2D eigenvalue weighted by Gasteiger charge is 2.21. The second-order valence-corrected chi connectivity index (χ2v) is 16.2. The van der Waals surface area contributed by atoms with Gasteiger partial charge in [0.1, 0.15) is 6.17 Å². The molecule has 8 aromatic carbocycles. The summed E-state index contributed by atoms with van der Waals surface area (Å²) < 4.78 is 2.56. The van der Waals surface area contributed by atoms with E-state index in [0.29, 0.717) is 17.5 Å². The molecule has 1 atom stereocenters. The summed E-state index contributed by atoms with van der Waals surface area (Å²) in [6.07, 6.45) is 1.90. The van der Waals surface area contributed by atoms with Gasteiger partial charge in [-0.3, -0.25) is 4.99 Å². The van der Waals surface area contributed by atoms with Gasteiger partial charge in [-0.2, -0.15) is 0 Å². The lowest BCUT2D eigenvalue weighted by Crippen LogP contribution is -2.24. The predicted molar refractivity (Wildman–Crippen MR) is 253 cm³/mol. The molecule has 0 fully saturated rings. The Kier molecular flexibility index (Phi) is 9.37. The Balaban J connectivity index is 0.933. The Labute approximate surface area is 358 Å². The van der Waals surface area contributed by atoms with Crippen LogP contribution in [0.15, 0.2) is 217 Å². The van der Waals surface area contributed by atoms with E-state index in [-0.39, 0.29) is 6.17 Å². The first kappa shape index (κ1) is 36.3. The van der Waals surface area contributed by atoms with Crippen LogP contribution in [0, 0.1) is 0 Å². The van der Waals surface area contributed by atoms with Crippen molar-refractivity contribution in [3.05, 3.63) is 229 Å². The SMILES string of the molecule is C1=C(c2ccccc2)NC(c2cccc(-c3cccc(-c4cccc(-c5nc(-c6ccccc6)nc(-c6ccccc6)n5)c4)c3)c2)N=C1c1ccc2c(c1)sc1ccccc12. The molecule has 61 heavy (non-hydrogen) atoms. The molecule has 0 aliphatic carbocycles. The van der Waals surface area contributed by atoms with Crippen molar-refractivity contribution in [1.82, 2.24) is 20.3 Å². The standard InChI is InChI=1S/C55H37N5S/c1-4-15-36(16-5-1)48-35-49(43-29-30-47-46-27-10-11-28-50(46)61-51(47)34-43)57-54(56-48)44-25-13-23-41(32-44)39-21-12-22-40(31-39)42-24-14-26-45(33-42)55-59-52(37-17-6-2-7-18-37)58-53(60-55)38-19-8-3-9-20-38/h1-35,54,56H. The van der Waals surface area contributed by atoms with Crippen LogP contribution in [0.4, 0.5) is 0 Å². The monoisotopic (exact) mass is 799 g/mol. The number of nitrogens with zero attached hydrogens (tertiary/aromatic N) is 4.